The minimum Gasteiger partial charge on any atom is -0.343 e. The molecule has 27 heavy (non-hydrogen) atoms. The molecule has 134 valence electrons. The van der Waals surface area contributed by atoms with Gasteiger partial charge in [-0.25, -0.2) is 8.78 Å². The highest BCUT2D eigenvalue weighted by molar-refractivity contribution is 6.31. The predicted molar refractivity (Wildman–Crippen MR) is 106 cm³/mol. The summed E-state index contributed by atoms with van der Waals surface area (Å²) in [5, 5.41) is 1.11. The third kappa shape index (κ3) is 3.91. The maximum Gasteiger partial charge on any atom is 0.141 e. The molecular weight excluding hydrogens is 366 g/mol. The van der Waals surface area contributed by atoms with E-state index in [4.69, 9.17) is 11.6 Å². The van der Waals surface area contributed by atoms with Crippen molar-refractivity contribution < 1.29 is 8.78 Å². The molecule has 0 aliphatic rings. The molecule has 0 fully saturated rings. The number of halogens is 3. The van der Waals surface area contributed by atoms with Crippen molar-refractivity contribution in [3.05, 3.63) is 101 Å². The number of aliphatic imine (C=N–C) groups is 1. The number of aromatic nitrogens is 1. The lowest BCUT2D eigenvalue weighted by molar-refractivity contribution is 0.624. The van der Waals surface area contributed by atoms with E-state index in [-0.39, 0.29) is 10.8 Å². The lowest BCUT2D eigenvalue weighted by atomic mass is 10.1. The average Bonchev–Trinajstić information content (AvgIpc) is 3.05. The van der Waals surface area contributed by atoms with Gasteiger partial charge in [-0.2, -0.15) is 0 Å². The summed E-state index contributed by atoms with van der Waals surface area (Å²) in [6, 6.07) is 19.0. The number of hydrogen-bond acceptors (Lipinski definition) is 1. The van der Waals surface area contributed by atoms with E-state index >= 15 is 0 Å². The molecule has 3 aromatic carbocycles. The highest BCUT2D eigenvalue weighted by Crippen LogP contribution is 2.22. The second-order valence-electron chi connectivity index (χ2n) is 6.25. The molecule has 0 amide bonds. The summed E-state index contributed by atoms with van der Waals surface area (Å²) in [5.41, 5.74) is 3.48. The van der Waals surface area contributed by atoms with Gasteiger partial charge in [-0.3, -0.25) is 4.99 Å². The normalized spacial score (nSPS) is 11.5. The van der Waals surface area contributed by atoms with Gasteiger partial charge in [0, 0.05) is 29.9 Å². The average molecular weight is 381 g/mol. The van der Waals surface area contributed by atoms with Crippen LogP contribution in [-0.4, -0.2) is 10.8 Å². The van der Waals surface area contributed by atoms with Crippen LogP contribution in [0.15, 0.2) is 77.9 Å². The van der Waals surface area contributed by atoms with Gasteiger partial charge in [-0.05, 0) is 59.7 Å². The number of hydrogen-bond donors (Lipinski definition) is 0. The van der Waals surface area contributed by atoms with Crippen LogP contribution >= 0.6 is 11.6 Å². The van der Waals surface area contributed by atoms with E-state index in [1.165, 1.54) is 18.2 Å². The van der Waals surface area contributed by atoms with Gasteiger partial charge in [0.1, 0.15) is 11.6 Å². The van der Waals surface area contributed by atoms with Crippen molar-refractivity contribution in [1.29, 1.82) is 0 Å². The van der Waals surface area contributed by atoms with Gasteiger partial charge < -0.3 is 4.57 Å². The first-order valence-electron chi connectivity index (χ1n) is 8.41. The Morgan fingerprint density at radius 2 is 1.85 bits per heavy atom. The smallest absolute Gasteiger partial charge is 0.141 e. The van der Waals surface area contributed by atoms with Crippen molar-refractivity contribution in [2.24, 2.45) is 4.99 Å². The Bertz CT molecular complexity index is 1150. The SMILES string of the molecule is Fc1cccc(Cn2ccc3cc(C=Nc4ccc(F)c(Cl)c4)ccc32)c1. The molecular formula is C22H15ClF2N2. The number of rotatable bonds is 4. The van der Waals surface area contributed by atoms with Crippen molar-refractivity contribution in [2.75, 3.05) is 0 Å². The van der Waals surface area contributed by atoms with E-state index in [1.807, 2.05) is 36.5 Å². The van der Waals surface area contributed by atoms with Gasteiger partial charge >= 0.3 is 0 Å². The first-order valence-corrected chi connectivity index (χ1v) is 8.79. The van der Waals surface area contributed by atoms with Gasteiger partial charge in [0.2, 0.25) is 0 Å². The third-order valence-electron chi connectivity index (χ3n) is 4.30. The lowest BCUT2D eigenvalue weighted by Gasteiger charge is -2.06. The molecule has 0 spiro atoms. The topological polar surface area (TPSA) is 17.3 Å². The van der Waals surface area contributed by atoms with Crippen LogP contribution in [0, 0.1) is 11.6 Å². The Labute approximate surface area is 160 Å². The molecule has 4 aromatic rings. The highest BCUT2D eigenvalue weighted by atomic mass is 35.5. The first-order chi connectivity index (χ1) is 13.1. The molecule has 4 rings (SSSR count). The molecule has 0 N–H and O–H groups in total. The third-order valence-corrected chi connectivity index (χ3v) is 4.59. The van der Waals surface area contributed by atoms with E-state index in [2.05, 4.69) is 9.56 Å². The molecule has 1 aromatic heterocycles. The van der Waals surface area contributed by atoms with Crippen LogP contribution in [0.3, 0.4) is 0 Å². The minimum atomic E-state index is -0.461. The standard InChI is InChI=1S/C22H15ClF2N2/c23-20-12-19(5-6-21(20)25)26-13-15-4-7-22-17(10-15)8-9-27(22)14-16-2-1-3-18(24)11-16/h1-13H,14H2. The Morgan fingerprint density at radius 3 is 2.67 bits per heavy atom. The van der Waals surface area contributed by atoms with Crippen LogP contribution in [0.5, 0.6) is 0 Å². The van der Waals surface area contributed by atoms with E-state index in [0.29, 0.717) is 12.2 Å². The van der Waals surface area contributed by atoms with Gasteiger partial charge in [-0.15, -0.1) is 0 Å². The summed E-state index contributed by atoms with van der Waals surface area (Å²) in [7, 11) is 0. The summed E-state index contributed by atoms with van der Waals surface area (Å²) in [5.74, 6) is -0.694. The Morgan fingerprint density at radius 1 is 0.963 bits per heavy atom. The quantitative estimate of drug-likeness (QED) is 0.366. The fourth-order valence-electron chi connectivity index (χ4n) is 2.98. The minimum absolute atomic E-state index is 0.0505. The summed E-state index contributed by atoms with van der Waals surface area (Å²) >= 11 is 5.78. The molecule has 0 aliphatic heterocycles. The van der Waals surface area contributed by atoms with Crippen molar-refractivity contribution in [2.45, 2.75) is 6.54 Å². The lowest BCUT2D eigenvalue weighted by Crippen LogP contribution is -1.98. The molecule has 0 aliphatic carbocycles. The largest absolute Gasteiger partial charge is 0.343 e. The maximum atomic E-state index is 13.4. The molecule has 2 nitrogen and oxygen atoms in total. The summed E-state index contributed by atoms with van der Waals surface area (Å²) in [6.07, 6.45) is 3.70. The van der Waals surface area contributed by atoms with E-state index in [0.717, 1.165) is 22.0 Å². The second kappa shape index (κ2) is 7.33. The summed E-state index contributed by atoms with van der Waals surface area (Å²) in [6.45, 7) is 0.600. The molecule has 0 bridgehead atoms. The molecule has 0 atom stereocenters. The number of nitrogens with zero attached hydrogens (tertiary/aromatic N) is 2. The van der Waals surface area contributed by atoms with Crippen LogP contribution in [0.1, 0.15) is 11.1 Å². The first kappa shape index (κ1) is 17.4. The van der Waals surface area contributed by atoms with Crippen molar-refractivity contribution in [3.8, 4) is 0 Å². The van der Waals surface area contributed by atoms with Gasteiger partial charge in [-0.1, -0.05) is 29.8 Å². The monoisotopic (exact) mass is 380 g/mol. The summed E-state index contributed by atoms with van der Waals surface area (Å²) < 4.78 is 28.7. The fraction of sp³-hybridized carbons (Fsp3) is 0.0455. The van der Waals surface area contributed by atoms with E-state index in [1.54, 1.807) is 24.4 Å². The fourth-order valence-corrected chi connectivity index (χ4v) is 3.16. The Balaban J connectivity index is 1.58. The van der Waals surface area contributed by atoms with E-state index < -0.39 is 5.82 Å². The Kier molecular flexibility index (Phi) is 4.73. The maximum absolute atomic E-state index is 13.4. The highest BCUT2D eigenvalue weighted by Gasteiger charge is 2.04. The zero-order valence-corrected chi connectivity index (χ0v) is 15.0. The predicted octanol–water partition coefficient (Wildman–Crippen LogP) is 6.37. The molecule has 0 saturated carbocycles. The van der Waals surface area contributed by atoms with Crippen LogP contribution in [0.4, 0.5) is 14.5 Å². The Hall–Kier alpha value is -2.98. The molecule has 5 heteroatoms. The second-order valence-corrected chi connectivity index (χ2v) is 6.66. The van der Waals surface area contributed by atoms with Gasteiger partial charge in [0.25, 0.3) is 0 Å². The van der Waals surface area contributed by atoms with Crippen molar-refractivity contribution in [3.63, 3.8) is 0 Å². The zero-order valence-electron chi connectivity index (χ0n) is 14.2. The zero-order chi connectivity index (χ0) is 18.8. The molecule has 0 unspecified atom stereocenters. The number of benzene rings is 3. The molecule has 1 heterocycles. The van der Waals surface area contributed by atoms with Gasteiger partial charge in [0.05, 0.1) is 10.7 Å². The van der Waals surface area contributed by atoms with Crippen LogP contribution < -0.4 is 0 Å². The van der Waals surface area contributed by atoms with Gasteiger partial charge in [0.15, 0.2) is 0 Å². The van der Waals surface area contributed by atoms with Crippen LogP contribution in [0.25, 0.3) is 10.9 Å². The van der Waals surface area contributed by atoms with Crippen molar-refractivity contribution in [1.82, 2.24) is 4.57 Å². The molecule has 0 radical (unpaired) electrons. The summed E-state index contributed by atoms with van der Waals surface area (Å²) in [4.78, 5) is 4.34. The van der Waals surface area contributed by atoms with Crippen molar-refractivity contribution >= 4 is 34.4 Å². The number of fused-ring (bicyclic) bond motifs is 1. The molecule has 0 saturated heterocycles. The van der Waals surface area contributed by atoms with Crippen LogP contribution in [0.2, 0.25) is 5.02 Å². The van der Waals surface area contributed by atoms with Crippen LogP contribution in [-0.2, 0) is 6.54 Å². The van der Waals surface area contributed by atoms with E-state index in [9.17, 15) is 8.78 Å².